The summed E-state index contributed by atoms with van der Waals surface area (Å²) >= 11 is 8.16. The molecule has 1 aliphatic rings. The minimum Gasteiger partial charge on any atom is -0.313 e. The molecule has 0 aromatic heterocycles. The predicted molar refractivity (Wildman–Crippen MR) is 92.4 cm³/mol. The van der Waals surface area contributed by atoms with Crippen molar-refractivity contribution in [3.63, 3.8) is 0 Å². The van der Waals surface area contributed by atoms with Crippen molar-refractivity contribution < 1.29 is 0 Å². The van der Waals surface area contributed by atoms with E-state index in [0.717, 1.165) is 17.3 Å². The Labute approximate surface area is 136 Å². The average molecular weight is 318 g/mol. The van der Waals surface area contributed by atoms with E-state index in [4.69, 9.17) is 11.6 Å². The fraction of sp³-hybridized carbons (Fsp3) is 0.333. The van der Waals surface area contributed by atoms with Gasteiger partial charge in [0.1, 0.15) is 0 Å². The normalized spacial score (nSPS) is 21.0. The first-order valence-corrected chi connectivity index (χ1v) is 8.85. The number of hydrogen-bond acceptors (Lipinski definition) is 2. The highest BCUT2D eigenvalue weighted by Crippen LogP contribution is 2.39. The zero-order valence-electron chi connectivity index (χ0n) is 12.0. The van der Waals surface area contributed by atoms with Gasteiger partial charge in [-0.2, -0.15) is 0 Å². The van der Waals surface area contributed by atoms with Gasteiger partial charge in [-0.3, -0.25) is 0 Å². The molecule has 0 amide bonds. The molecule has 1 fully saturated rings. The number of rotatable bonds is 6. The lowest BCUT2D eigenvalue weighted by molar-refractivity contribution is 0.296. The van der Waals surface area contributed by atoms with E-state index in [1.807, 2.05) is 23.9 Å². The highest BCUT2D eigenvalue weighted by molar-refractivity contribution is 7.99. The smallest absolute Gasteiger partial charge is 0.0440 e. The van der Waals surface area contributed by atoms with Crippen LogP contribution in [0.1, 0.15) is 24.3 Å². The Balaban J connectivity index is 1.35. The lowest BCUT2D eigenvalue weighted by Gasteiger charge is -2.36. The van der Waals surface area contributed by atoms with Crippen molar-refractivity contribution in [2.75, 3.05) is 12.3 Å². The van der Waals surface area contributed by atoms with Crippen molar-refractivity contribution in [2.24, 2.45) is 0 Å². The van der Waals surface area contributed by atoms with E-state index >= 15 is 0 Å². The Bertz CT molecular complexity index is 566. The molecule has 0 saturated heterocycles. The Morgan fingerprint density at radius 3 is 2.48 bits per heavy atom. The Hall–Kier alpha value is -0.960. The molecule has 3 heteroatoms. The second-order valence-electron chi connectivity index (χ2n) is 5.50. The van der Waals surface area contributed by atoms with Gasteiger partial charge in [0.25, 0.3) is 0 Å². The Kier molecular flexibility index (Phi) is 5.23. The maximum Gasteiger partial charge on any atom is 0.0440 e. The maximum absolute atomic E-state index is 6.25. The quantitative estimate of drug-likeness (QED) is 0.596. The molecule has 0 heterocycles. The van der Waals surface area contributed by atoms with Crippen molar-refractivity contribution in [3.05, 3.63) is 65.2 Å². The number of benzene rings is 2. The van der Waals surface area contributed by atoms with Crippen molar-refractivity contribution in [1.82, 2.24) is 5.32 Å². The summed E-state index contributed by atoms with van der Waals surface area (Å²) in [6.45, 7) is 1.07. The van der Waals surface area contributed by atoms with E-state index in [0.29, 0.717) is 12.0 Å². The minimum atomic E-state index is 0.637. The van der Waals surface area contributed by atoms with Crippen LogP contribution in [0.15, 0.2) is 59.5 Å². The molecule has 1 saturated carbocycles. The third-order valence-electron chi connectivity index (χ3n) is 4.03. The van der Waals surface area contributed by atoms with Gasteiger partial charge >= 0.3 is 0 Å². The first-order valence-electron chi connectivity index (χ1n) is 7.48. The van der Waals surface area contributed by atoms with E-state index in [1.165, 1.54) is 23.3 Å². The molecule has 0 aliphatic heterocycles. The van der Waals surface area contributed by atoms with Crippen molar-refractivity contribution >= 4 is 23.4 Å². The lowest BCUT2D eigenvalue weighted by atomic mass is 9.76. The molecule has 3 rings (SSSR count). The van der Waals surface area contributed by atoms with Gasteiger partial charge in [0.05, 0.1) is 0 Å². The van der Waals surface area contributed by atoms with Crippen LogP contribution in [0.4, 0.5) is 0 Å². The molecule has 0 radical (unpaired) electrons. The van der Waals surface area contributed by atoms with Crippen LogP contribution in [0.25, 0.3) is 0 Å². The molecule has 21 heavy (non-hydrogen) atoms. The zero-order chi connectivity index (χ0) is 14.5. The molecule has 0 spiro atoms. The molecule has 0 atom stereocenters. The van der Waals surface area contributed by atoms with Gasteiger partial charge in [0.2, 0.25) is 0 Å². The average Bonchev–Trinajstić information content (AvgIpc) is 2.47. The fourth-order valence-corrected chi connectivity index (χ4v) is 3.89. The first-order chi connectivity index (χ1) is 10.3. The van der Waals surface area contributed by atoms with E-state index in [2.05, 4.69) is 47.8 Å². The first kappa shape index (κ1) is 15.0. The molecule has 2 aromatic carbocycles. The van der Waals surface area contributed by atoms with Crippen molar-refractivity contribution in [1.29, 1.82) is 0 Å². The summed E-state index contributed by atoms with van der Waals surface area (Å²) in [6, 6.07) is 19.5. The van der Waals surface area contributed by atoms with Gasteiger partial charge in [-0.15, -0.1) is 11.8 Å². The van der Waals surface area contributed by atoms with E-state index in [1.54, 1.807) is 0 Å². The van der Waals surface area contributed by atoms with E-state index < -0.39 is 0 Å². The summed E-state index contributed by atoms with van der Waals surface area (Å²) in [5.74, 6) is 1.76. The lowest BCUT2D eigenvalue weighted by Crippen LogP contribution is -2.41. The molecule has 1 aliphatic carbocycles. The maximum atomic E-state index is 6.25. The second-order valence-corrected chi connectivity index (χ2v) is 7.08. The van der Waals surface area contributed by atoms with E-state index in [-0.39, 0.29) is 0 Å². The highest BCUT2D eigenvalue weighted by Gasteiger charge is 2.30. The molecule has 0 bridgehead atoms. The Morgan fingerprint density at radius 2 is 1.71 bits per heavy atom. The third-order valence-corrected chi connectivity index (χ3v) is 5.39. The van der Waals surface area contributed by atoms with Crippen LogP contribution < -0.4 is 5.32 Å². The Morgan fingerprint density at radius 1 is 1.00 bits per heavy atom. The summed E-state index contributed by atoms with van der Waals surface area (Å²) in [7, 11) is 0. The fourth-order valence-electron chi connectivity index (χ4n) is 2.79. The highest BCUT2D eigenvalue weighted by atomic mass is 35.5. The number of hydrogen-bond donors (Lipinski definition) is 1. The molecule has 2 aromatic rings. The van der Waals surface area contributed by atoms with Crippen LogP contribution in [0.2, 0.25) is 5.02 Å². The molecular weight excluding hydrogens is 298 g/mol. The molecule has 0 unspecified atom stereocenters. The van der Waals surface area contributed by atoms with Crippen LogP contribution in [-0.4, -0.2) is 18.3 Å². The van der Waals surface area contributed by atoms with Crippen LogP contribution in [0, 0.1) is 0 Å². The van der Waals surface area contributed by atoms with Crippen molar-refractivity contribution in [2.45, 2.75) is 29.7 Å². The van der Waals surface area contributed by atoms with Gasteiger partial charge in [-0.25, -0.2) is 0 Å². The summed E-state index contributed by atoms with van der Waals surface area (Å²) in [4.78, 5) is 1.35. The van der Waals surface area contributed by atoms with Gasteiger partial charge < -0.3 is 5.32 Å². The monoisotopic (exact) mass is 317 g/mol. The summed E-state index contributed by atoms with van der Waals surface area (Å²) in [6.07, 6.45) is 2.42. The van der Waals surface area contributed by atoms with Gasteiger partial charge in [0, 0.05) is 28.3 Å². The van der Waals surface area contributed by atoms with Crippen LogP contribution in [0.3, 0.4) is 0 Å². The predicted octanol–water partition coefficient (Wildman–Crippen LogP) is 4.97. The summed E-state index contributed by atoms with van der Waals surface area (Å²) in [5.41, 5.74) is 1.32. The molecular formula is C18H20ClNS. The summed E-state index contributed by atoms with van der Waals surface area (Å²) < 4.78 is 0. The number of halogens is 1. The zero-order valence-corrected chi connectivity index (χ0v) is 13.5. The topological polar surface area (TPSA) is 12.0 Å². The third kappa shape index (κ3) is 4.03. The number of nitrogens with one attached hydrogen (secondary N) is 1. The van der Waals surface area contributed by atoms with Crippen LogP contribution >= 0.6 is 23.4 Å². The minimum absolute atomic E-state index is 0.637. The van der Waals surface area contributed by atoms with Gasteiger partial charge in [-0.1, -0.05) is 48.0 Å². The van der Waals surface area contributed by atoms with Crippen molar-refractivity contribution in [3.8, 4) is 0 Å². The van der Waals surface area contributed by atoms with Crippen LogP contribution in [0.5, 0.6) is 0 Å². The SMILES string of the molecule is Clc1ccccc1C1CC(NCCSc2ccccc2)C1. The second kappa shape index (κ2) is 7.35. The standard InChI is InChI=1S/C18H20ClNS/c19-18-9-5-4-8-17(18)14-12-15(13-14)20-10-11-21-16-6-2-1-3-7-16/h1-9,14-15,20H,10-13H2. The number of thioether (sulfide) groups is 1. The van der Waals surface area contributed by atoms with Gasteiger partial charge in [0.15, 0.2) is 0 Å². The summed E-state index contributed by atoms with van der Waals surface area (Å²) in [5, 5.41) is 4.56. The molecule has 110 valence electrons. The van der Waals surface area contributed by atoms with E-state index in [9.17, 15) is 0 Å². The molecule has 1 N–H and O–H groups in total. The largest absolute Gasteiger partial charge is 0.313 e. The van der Waals surface area contributed by atoms with Gasteiger partial charge in [-0.05, 0) is 42.5 Å². The molecule has 1 nitrogen and oxygen atoms in total. The van der Waals surface area contributed by atoms with Crippen LogP contribution in [-0.2, 0) is 0 Å².